The largest absolute Gasteiger partial charge is 0.476 e. The highest BCUT2D eigenvalue weighted by atomic mass is 16.5. The van der Waals surface area contributed by atoms with Gasteiger partial charge >= 0.3 is 5.97 Å². The van der Waals surface area contributed by atoms with Gasteiger partial charge in [0.15, 0.2) is 11.5 Å². The van der Waals surface area contributed by atoms with E-state index in [4.69, 9.17) is 9.63 Å². The molecule has 0 aromatic carbocycles. The maximum absolute atomic E-state index is 10.6. The lowest BCUT2D eigenvalue weighted by atomic mass is 10.1. The molecule has 5 heteroatoms. The molecule has 0 radical (unpaired) electrons. The predicted molar refractivity (Wildman–Crippen MR) is 52.7 cm³/mol. The SMILES string of the molecule is Cc1c[nH]c(C)c1-c1cc(C(=O)O)no1. The van der Waals surface area contributed by atoms with E-state index in [0.29, 0.717) is 5.76 Å². The lowest BCUT2D eigenvalue weighted by Gasteiger charge is -1.94. The molecule has 2 N–H and O–H groups in total. The van der Waals surface area contributed by atoms with Crippen LogP contribution in [0, 0.1) is 13.8 Å². The van der Waals surface area contributed by atoms with Crippen LogP contribution in [0.3, 0.4) is 0 Å². The molecule has 5 nitrogen and oxygen atoms in total. The summed E-state index contributed by atoms with van der Waals surface area (Å²) in [4.78, 5) is 13.7. The van der Waals surface area contributed by atoms with E-state index >= 15 is 0 Å². The zero-order chi connectivity index (χ0) is 11.0. The van der Waals surface area contributed by atoms with E-state index in [2.05, 4.69) is 10.1 Å². The van der Waals surface area contributed by atoms with E-state index in [-0.39, 0.29) is 5.69 Å². The summed E-state index contributed by atoms with van der Waals surface area (Å²) >= 11 is 0. The Kier molecular flexibility index (Phi) is 2.07. The molecule has 2 rings (SSSR count). The van der Waals surface area contributed by atoms with Crippen LogP contribution in [0.5, 0.6) is 0 Å². The minimum absolute atomic E-state index is 0.0787. The average molecular weight is 206 g/mol. The molecule has 0 saturated heterocycles. The van der Waals surface area contributed by atoms with Crippen molar-refractivity contribution in [3.63, 3.8) is 0 Å². The summed E-state index contributed by atoms with van der Waals surface area (Å²) in [5.74, 6) is -0.612. The highest BCUT2D eigenvalue weighted by Crippen LogP contribution is 2.27. The Balaban J connectivity index is 2.50. The lowest BCUT2D eigenvalue weighted by molar-refractivity contribution is 0.0686. The van der Waals surface area contributed by atoms with Crippen molar-refractivity contribution in [2.75, 3.05) is 0 Å². The van der Waals surface area contributed by atoms with E-state index < -0.39 is 5.97 Å². The summed E-state index contributed by atoms with van der Waals surface area (Å²) in [6.45, 7) is 3.81. The third-order valence-electron chi connectivity index (χ3n) is 2.25. The molecular formula is C10H10N2O3. The fraction of sp³-hybridized carbons (Fsp3) is 0.200. The molecule has 0 amide bonds. The van der Waals surface area contributed by atoms with Crippen molar-refractivity contribution < 1.29 is 14.4 Å². The monoisotopic (exact) mass is 206 g/mol. The molecule has 0 bridgehead atoms. The third kappa shape index (κ3) is 1.52. The summed E-state index contributed by atoms with van der Waals surface area (Å²) < 4.78 is 4.98. The molecule has 78 valence electrons. The van der Waals surface area contributed by atoms with Crippen LogP contribution < -0.4 is 0 Å². The second kappa shape index (κ2) is 3.27. The van der Waals surface area contributed by atoms with Gasteiger partial charge in [-0.1, -0.05) is 5.16 Å². The molecule has 15 heavy (non-hydrogen) atoms. The number of nitrogens with zero attached hydrogens (tertiary/aromatic N) is 1. The number of carboxylic acid groups (broad SMARTS) is 1. The first-order valence-electron chi connectivity index (χ1n) is 4.44. The Morgan fingerprint density at radius 3 is 2.73 bits per heavy atom. The van der Waals surface area contributed by atoms with Gasteiger partial charge in [-0.3, -0.25) is 0 Å². The minimum atomic E-state index is -1.09. The number of H-pyrrole nitrogens is 1. The maximum atomic E-state index is 10.6. The Hall–Kier alpha value is -2.04. The van der Waals surface area contributed by atoms with Gasteiger partial charge in [0.1, 0.15) is 0 Å². The van der Waals surface area contributed by atoms with Crippen molar-refractivity contribution in [2.24, 2.45) is 0 Å². The summed E-state index contributed by atoms with van der Waals surface area (Å²) in [5, 5.41) is 12.2. The highest BCUT2D eigenvalue weighted by Gasteiger charge is 2.16. The van der Waals surface area contributed by atoms with Gasteiger partial charge < -0.3 is 14.6 Å². The lowest BCUT2D eigenvalue weighted by Crippen LogP contribution is -1.94. The van der Waals surface area contributed by atoms with E-state index in [1.807, 2.05) is 20.0 Å². The normalized spacial score (nSPS) is 10.5. The van der Waals surface area contributed by atoms with Gasteiger partial charge in [0.25, 0.3) is 0 Å². The molecule has 2 heterocycles. The zero-order valence-electron chi connectivity index (χ0n) is 8.37. The summed E-state index contributed by atoms with van der Waals surface area (Å²) in [6.07, 6.45) is 1.84. The van der Waals surface area contributed by atoms with Crippen molar-refractivity contribution in [2.45, 2.75) is 13.8 Å². The van der Waals surface area contributed by atoms with E-state index in [9.17, 15) is 4.79 Å². The first-order chi connectivity index (χ1) is 7.09. The number of aryl methyl sites for hydroxylation is 2. The molecule has 0 saturated carbocycles. The Labute approximate surface area is 85.7 Å². The number of nitrogens with one attached hydrogen (secondary N) is 1. The van der Waals surface area contributed by atoms with Crippen LogP contribution in [-0.4, -0.2) is 21.2 Å². The van der Waals surface area contributed by atoms with Gasteiger partial charge in [-0.05, 0) is 19.4 Å². The molecule has 2 aromatic heterocycles. The Morgan fingerprint density at radius 1 is 1.53 bits per heavy atom. The number of aromatic carboxylic acids is 1. The first-order valence-corrected chi connectivity index (χ1v) is 4.44. The molecule has 0 spiro atoms. The van der Waals surface area contributed by atoms with Crippen LogP contribution in [-0.2, 0) is 0 Å². The number of aromatic amines is 1. The molecule has 0 fully saturated rings. The standard InChI is InChI=1S/C10H10N2O3/c1-5-4-11-6(2)9(5)8-3-7(10(13)14)12-15-8/h3-4,11H,1-2H3,(H,13,14). The van der Waals surface area contributed by atoms with Gasteiger partial charge in [-0.2, -0.15) is 0 Å². The van der Waals surface area contributed by atoms with Crippen LogP contribution in [0.2, 0.25) is 0 Å². The highest BCUT2D eigenvalue weighted by molar-refractivity contribution is 5.86. The molecule has 0 aliphatic carbocycles. The van der Waals surface area contributed by atoms with Crippen molar-refractivity contribution in [3.8, 4) is 11.3 Å². The number of carbonyl (C=O) groups is 1. The molecule has 0 unspecified atom stereocenters. The second-order valence-corrected chi connectivity index (χ2v) is 3.35. The molecule has 0 atom stereocenters. The van der Waals surface area contributed by atoms with E-state index in [0.717, 1.165) is 16.8 Å². The average Bonchev–Trinajstić information content (AvgIpc) is 2.73. The van der Waals surface area contributed by atoms with Gasteiger partial charge in [0, 0.05) is 23.5 Å². The molecule has 0 aliphatic rings. The van der Waals surface area contributed by atoms with Crippen molar-refractivity contribution in [3.05, 3.63) is 29.2 Å². The smallest absolute Gasteiger partial charge is 0.358 e. The van der Waals surface area contributed by atoms with Crippen LogP contribution in [0.1, 0.15) is 21.7 Å². The Bertz CT molecular complexity index is 491. The van der Waals surface area contributed by atoms with Gasteiger partial charge in [0.2, 0.25) is 0 Å². The van der Waals surface area contributed by atoms with Crippen LogP contribution >= 0.6 is 0 Å². The molecule has 2 aromatic rings. The summed E-state index contributed by atoms with van der Waals surface area (Å²) in [6, 6.07) is 1.42. The number of hydrogen-bond acceptors (Lipinski definition) is 3. The molecule has 0 aliphatic heterocycles. The summed E-state index contributed by atoms with van der Waals surface area (Å²) in [5.41, 5.74) is 2.72. The van der Waals surface area contributed by atoms with Crippen molar-refractivity contribution in [1.82, 2.24) is 10.1 Å². The quantitative estimate of drug-likeness (QED) is 0.787. The van der Waals surface area contributed by atoms with Gasteiger partial charge in [-0.15, -0.1) is 0 Å². The van der Waals surface area contributed by atoms with Crippen LogP contribution in [0.15, 0.2) is 16.8 Å². The number of rotatable bonds is 2. The zero-order valence-corrected chi connectivity index (χ0v) is 8.37. The Morgan fingerprint density at radius 2 is 2.27 bits per heavy atom. The minimum Gasteiger partial charge on any atom is -0.476 e. The first kappa shape index (κ1) is 9.51. The van der Waals surface area contributed by atoms with Crippen LogP contribution in [0.25, 0.3) is 11.3 Å². The van der Waals surface area contributed by atoms with Crippen molar-refractivity contribution >= 4 is 5.97 Å². The maximum Gasteiger partial charge on any atom is 0.358 e. The van der Waals surface area contributed by atoms with Crippen LogP contribution in [0.4, 0.5) is 0 Å². The summed E-state index contributed by atoms with van der Waals surface area (Å²) in [7, 11) is 0. The predicted octanol–water partition coefficient (Wildman–Crippen LogP) is 1.98. The second-order valence-electron chi connectivity index (χ2n) is 3.35. The number of hydrogen-bond donors (Lipinski definition) is 2. The fourth-order valence-electron chi connectivity index (χ4n) is 1.53. The van der Waals surface area contributed by atoms with Gasteiger partial charge in [0.05, 0.1) is 0 Å². The third-order valence-corrected chi connectivity index (χ3v) is 2.25. The molecular weight excluding hydrogens is 196 g/mol. The van der Waals surface area contributed by atoms with E-state index in [1.165, 1.54) is 6.07 Å². The topological polar surface area (TPSA) is 79.1 Å². The van der Waals surface area contributed by atoms with Gasteiger partial charge in [-0.25, -0.2) is 4.79 Å². The fourth-order valence-corrected chi connectivity index (χ4v) is 1.53. The van der Waals surface area contributed by atoms with Crippen molar-refractivity contribution in [1.29, 1.82) is 0 Å². The van der Waals surface area contributed by atoms with E-state index in [1.54, 1.807) is 0 Å². The number of carboxylic acids is 1. The number of aromatic nitrogens is 2.